The molecule has 0 aromatic heterocycles. The first-order chi connectivity index (χ1) is 19.4. The van der Waals surface area contributed by atoms with Gasteiger partial charge in [0.25, 0.3) is 17.5 Å². The molecule has 13 heteroatoms. The maximum Gasteiger partial charge on any atom is 0.269 e. The summed E-state index contributed by atoms with van der Waals surface area (Å²) in [5.41, 5.74) is 1.22. The molecule has 2 aromatic carbocycles. The van der Waals surface area contributed by atoms with Gasteiger partial charge in [0.1, 0.15) is 5.75 Å². The van der Waals surface area contributed by atoms with Gasteiger partial charge < -0.3 is 5.11 Å². The van der Waals surface area contributed by atoms with Gasteiger partial charge in [-0.2, -0.15) is 0 Å². The summed E-state index contributed by atoms with van der Waals surface area (Å²) in [6.45, 7) is 1.69. The molecule has 2 aliphatic heterocycles. The van der Waals surface area contributed by atoms with Crippen LogP contribution in [-0.4, -0.2) is 53.8 Å². The Bertz CT molecular complexity index is 1600. The predicted octanol–water partition coefficient (Wildman–Crippen LogP) is 4.52. The Morgan fingerprint density at radius 1 is 1.05 bits per heavy atom. The fourth-order valence-corrected chi connectivity index (χ4v) is 8.41. The van der Waals surface area contributed by atoms with Gasteiger partial charge in [-0.05, 0) is 43.4 Å². The van der Waals surface area contributed by atoms with E-state index in [2.05, 4.69) is 15.9 Å². The molecule has 2 aliphatic carbocycles. The number of nitro benzene ring substituents is 1. The van der Waals surface area contributed by atoms with Gasteiger partial charge >= 0.3 is 0 Å². The number of rotatable bonds is 4. The van der Waals surface area contributed by atoms with Crippen molar-refractivity contribution >= 4 is 74.1 Å². The van der Waals surface area contributed by atoms with E-state index in [0.29, 0.717) is 16.7 Å². The quantitative estimate of drug-likeness (QED) is 0.127. The van der Waals surface area contributed by atoms with E-state index in [0.717, 1.165) is 9.80 Å². The molecule has 2 aromatic rings. The third kappa shape index (κ3) is 3.55. The summed E-state index contributed by atoms with van der Waals surface area (Å²) in [6.07, 6.45) is 1.74. The number of likely N-dealkylation sites (tertiary alicyclic amines) is 1. The van der Waals surface area contributed by atoms with Crippen LogP contribution in [0.3, 0.4) is 0 Å². The Kier molecular flexibility index (Phi) is 6.37. The number of halogens is 3. The molecule has 0 bridgehead atoms. The minimum atomic E-state index is -2.01. The highest BCUT2D eigenvalue weighted by molar-refractivity contribution is 9.09. The number of non-ortho nitro benzene ring substituents is 1. The molecule has 6 atom stereocenters. The molecule has 41 heavy (non-hydrogen) atoms. The maximum absolute atomic E-state index is 14.0. The summed E-state index contributed by atoms with van der Waals surface area (Å²) in [6, 6.07) is 10.1. The molecule has 212 valence electrons. The third-order valence-corrected chi connectivity index (χ3v) is 10.8. The number of nitro groups is 1. The van der Waals surface area contributed by atoms with Crippen molar-refractivity contribution in [3.05, 3.63) is 75.4 Å². The summed E-state index contributed by atoms with van der Waals surface area (Å²) in [7, 11) is 0. The van der Waals surface area contributed by atoms with Crippen LogP contribution in [0.5, 0.6) is 5.75 Å². The molecule has 4 aliphatic rings. The summed E-state index contributed by atoms with van der Waals surface area (Å²) < 4.78 is 0. The molecular weight excluding hydrogens is 641 g/mol. The topological polar surface area (TPSA) is 138 Å². The van der Waals surface area contributed by atoms with E-state index in [1.165, 1.54) is 24.3 Å². The smallest absolute Gasteiger partial charge is 0.269 e. The Morgan fingerprint density at radius 2 is 1.73 bits per heavy atom. The molecule has 1 saturated carbocycles. The number of aryl methyl sites for hydroxylation is 1. The van der Waals surface area contributed by atoms with Crippen molar-refractivity contribution in [1.82, 2.24) is 4.90 Å². The number of hydrogen-bond acceptors (Lipinski definition) is 7. The number of carbonyl (C=O) groups is 4. The molecule has 6 rings (SSSR count). The van der Waals surface area contributed by atoms with Crippen LogP contribution in [0.25, 0.3) is 0 Å². The van der Waals surface area contributed by atoms with Crippen molar-refractivity contribution < 1.29 is 29.2 Å². The monoisotopic (exact) mass is 661 g/mol. The standard InChI is InChI=1S/C28H22BrCl2N3O7/c1-13-3-2-4-18(22(13)35)21-16-9-10-17-20(19(16)11-27(30)25(38)32(12-29)26(39)28(21,27)31)24(37)33(23(17)36)14-5-7-15(8-6-14)34(40)41/h2-9,17,19-21,35H,10-12H2,1H3. The van der Waals surface area contributed by atoms with Crippen LogP contribution < -0.4 is 4.90 Å². The van der Waals surface area contributed by atoms with Gasteiger partial charge in [0.05, 0.1) is 27.9 Å². The SMILES string of the molecule is Cc1cccc(C2C3=CCC4C(=O)N(c5ccc([N+](=O)[O-])cc5)C(=O)C4C3CC3(Cl)C(=O)N(CBr)C(=O)C23Cl)c1O. The van der Waals surface area contributed by atoms with Gasteiger partial charge in [-0.15, -0.1) is 23.2 Å². The highest BCUT2D eigenvalue weighted by Crippen LogP contribution is 2.66. The fraction of sp³-hybridized carbons (Fsp3) is 0.357. The van der Waals surface area contributed by atoms with Crippen LogP contribution >= 0.6 is 39.1 Å². The normalized spacial score (nSPS) is 32.5. The summed E-state index contributed by atoms with van der Waals surface area (Å²) >= 11 is 17.5. The minimum absolute atomic E-state index is 0.112. The average Bonchev–Trinajstić information content (AvgIpc) is 3.28. The molecule has 6 unspecified atom stereocenters. The van der Waals surface area contributed by atoms with Gasteiger partial charge in [-0.3, -0.25) is 39.1 Å². The second-order valence-electron chi connectivity index (χ2n) is 10.8. The number of anilines is 1. The summed E-state index contributed by atoms with van der Waals surface area (Å²) in [4.78, 5) is 63.5. The number of benzene rings is 2. The van der Waals surface area contributed by atoms with Gasteiger partial charge in [-0.1, -0.05) is 45.8 Å². The number of para-hydroxylation sites is 1. The van der Waals surface area contributed by atoms with E-state index in [1.807, 2.05) is 0 Å². The first-order valence-corrected chi connectivity index (χ1v) is 14.7. The van der Waals surface area contributed by atoms with Crippen molar-refractivity contribution in [1.29, 1.82) is 0 Å². The van der Waals surface area contributed by atoms with Crippen LogP contribution in [-0.2, 0) is 19.2 Å². The van der Waals surface area contributed by atoms with Crippen LogP contribution in [0.1, 0.15) is 29.9 Å². The molecular formula is C28H22BrCl2N3O7. The molecule has 3 fully saturated rings. The van der Waals surface area contributed by atoms with Crippen molar-refractivity contribution in [2.24, 2.45) is 17.8 Å². The number of nitrogens with zero attached hydrogens (tertiary/aromatic N) is 3. The summed E-state index contributed by atoms with van der Waals surface area (Å²) in [5, 5.41) is 22.3. The number of imide groups is 2. The molecule has 2 heterocycles. The molecule has 2 saturated heterocycles. The number of aromatic hydroxyl groups is 1. The van der Waals surface area contributed by atoms with E-state index in [1.54, 1.807) is 31.2 Å². The number of fused-ring (bicyclic) bond motifs is 4. The Hall–Kier alpha value is -3.28. The van der Waals surface area contributed by atoms with E-state index in [4.69, 9.17) is 23.2 Å². The van der Waals surface area contributed by atoms with Crippen molar-refractivity contribution in [3.63, 3.8) is 0 Å². The second-order valence-corrected chi connectivity index (χ2v) is 12.5. The van der Waals surface area contributed by atoms with E-state index in [9.17, 15) is 34.4 Å². The highest BCUT2D eigenvalue weighted by atomic mass is 79.9. The number of hydrogen-bond donors (Lipinski definition) is 1. The predicted molar refractivity (Wildman–Crippen MR) is 152 cm³/mol. The van der Waals surface area contributed by atoms with Crippen LogP contribution in [0, 0.1) is 34.8 Å². The number of carbonyl (C=O) groups excluding carboxylic acids is 4. The number of phenols is 1. The lowest BCUT2D eigenvalue weighted by Crippen LogP contribution is -2.60. The number of phenolic OH excluding ortho intramolecular Hbond substituents is 1. The van der Waals surface area contributed by atoms with Crippen LogP contribution in [0.4, 0.5) is 11.4 Å². The molecule has 10 nitrogen and oxygen atoms in total. The molecule has 1 N–H and O–H groups in total. The summed E-state index contributed by atoms with van der Waals surface area (Å²) in [5.74, 6) is -6.09. The second kappa shape index (κ2) is 9.37. The fourth-order valence-electron chi connectivity index (χ4n) is 6.99. The van der Waals surface area contributed by atoms with E-state index >= 15 is 0 Å². The van der Waals surface area contributed by atoms with Gasteiger partial charge in [0, 0.05) is 23.6 Å². The largest absolute Gasteiger partial charge is 0.507 e. The lowest BCUT2D eigenvalue weighted by Gasteiger charge is -2.50. The zero-order valence-corrected chi connectivity index (χ0v) is 24.5. The van der Waals surface area contributed by atoms with Gasteiger partial charge in [0.2, 0.25) is 11.8 Å². The van der Waals surface area contributed by atoms with Gasteiger partial charge in [-0.25, -0.2) is 0 Å². The average molecular weight is 663 g/mol. The lowest BCUT2D eigenvalue weighted by atomic mass is 9.56. The van der Waals surface area contributed by atoms with Crippen molar-refractivity contribution in [2.45, 2.75) is 35.4 Å². The third-order valence-electron chi connectivity index (χ3n) is 8.91. The molecule has 0 spiro atoms. The number of allylic oxidation sites excluding steroid dienone is 2. The number of amides is 4. The first-order valence-electron chi connectivity index (χ1n) is 12.8. The lowest BCUT2D eigenvalue weighted by molar-refractivity contribution is -0.384. The number of alkyl halides is 3. The minimum Gasteiger partial charge on any atom is -0.507 e. The van der Waals surface area contributed by atoms with Crippen LogP contribution in [0.15, 0.2) is 54.1 Å². The maximum atomic E-state index is 14.0. The van der Waals surface area contributed by atoms with Crippen molar-refractivity contribution in [3.8, 4) is 5.75 Å². The molecule has 4 amide bonds. The van der Waals surface area contributed by atoms with Gasteiger partial charge in [0.15, 0.2) is 9.75 Å². The van der Waals surface area contributed by atoms with Crippen LogP contribution in [0.2, 0.25) is 0 Å². The van der Waals surface area contributed by atoms with E-state index in [-0.39, 0.29) is 35.4 Å². The van der Waals surface area contributed by atoms with E-state index < -0.39 is 62.0 Å². The first kappa shape index (κ1) is 27.9. The zero-order valence-electron chi connectivity index (χ0n) is 21.4. The Labute approximate surface area is 252 Å². The highest BCUT2D eigenvalue weighted by Gasteiger charge is 2.76. The van der Waals surface area contributed by atoms with Crippen molar-refractivity contribution in [2.75, 3.05) is 10.4 Å². The molecule has 0 radical (unpaired) electrons. The Balaban J connectivity index is 1.50. The zero-order chi connectivity index (χ0) is 29.6. The Morgan fingerprint density at radius 3 is 2.37 bits per heavy atom.